The first kappa shape index (κ1) is 22.7. The van der Waals surface area contributed by atoms with Crippen molar-refractivity contribution in [1.29, 1.82) is 0 Å². The van der Waals surface area contributed by atoms with Gasteiger partial charge in [-0.05, 0) is 55.2 Å². The van der Waals surface area contributed by atoms with E-state index in [1.54, 1.807) is 36.4 Å². The summed E-state index contributed by atoms with van der Waals surface area (Å²) >= 11 is 0. The van der Waals surface area contributed by atoms with E-state index < -0.39 is 16.0 Å². The van der Waals surface area contributed by atoms with Gasteiger partial charge in [-0.3, -0.25) is 4.72 Å². The fraction of sp³-hybridized carbons (Fsp3) is 0.409. The van der Waals surface area contributed by atoms with E-state index in [0.29, 0.717) is 18.2 Å². The summed E-state index contributed by atoms with van der Waals surface area (Å²) in [5, 5.41) is 9.65. The van der Waals surface area contributed by atoms with Gasteiger partial charge in [-0.1, -0.05) is 39.3 Å². The molecule has 0 atom stereocenters. The van der Waals surface area contributed by atoms with E-state index in [2.05, 4.69) is 11.6 Å². The Bertz CT molecular complexity index is 938. The minimum Gasteiger partial charge on any atom is -0.478 e. The molecular weight excluding hydrogens is 388 g/mol. The quantitative estimate of drug-likeness (QED) is 0.571. The lowest BCUT2D eigenvalue weighted by molar-refractivity contribution is 0.0697. The van der Waals surface area contributed by atoms with Crippen molar-refractivity contribution in [2.45, 2.75) is 51.3 Å². The molecule has 0 amide bonds. The molecule has 2 aromatic carbocycles. The largest absolute Gasteiger partial charge is 0.478 e. The van der Waals surface area contributed by atoms with Gasteiger partial charge in [0.1, 0.15) is 0 Å². The molecule has 2 rings (SSSR count). The zero-order valence-electron chi connectivity index (χ0n) is 17.5. The summed E-state index contributed by atoms with van der Waals surface area (Å²) in [5.41, 5.74) is 1.95. The highest BCUT2D eigenvalue weighted by Gasteiger charge is 2.19. The number of hydrogen-bond donors (Lipinski definition) is 2. The van der Waals surface area contributed by atoms with Crippen molar-refractivity contribution in [2.24, 2.45) is 0 Å². The van der Waals surface area contributed by atoms with Gasteiger partial charge >= 0.3 is 5.97 Å². The van der Waals surface area contributed by atoms with E-state index in [1.807, 2.05) is 25.7 Å². The number of nitrogens with zero attached hydrogens (tertiary/aromatic N) is 1. The zero-order chi connectivity index (χ0) is 21.6. The number of carboxylic acid groups (broad SMARTS) is 1. The number of benzene rings is 2. The van der Waals surface area contributed by atoms with Crippen LogP contribution in [0, 0.1) is 0 Å². The van der Waals surface area contributed by atoms with Crippen LogP contribution >= 0.6 is 0 Å². The van der Waals surface area contributed by atoms with Crippen LogP contribution in [0.5, 0.6) is 0 Å². The first-order valence-electron chi connectivity index (χ1n) is 9.94. The predicted molar refractivity (Wildman–Crippen MR) is 118 cm³/mol. The fourth-order valence-corrected chi connectivity index (χ4v) is 4.14. The minimum atomic E-state index is -3.81. The smallest absolute Gasteiger partial charge is 0.337 e. The average Bonchev–Trinajstić information content (AvgIpc) is 2.69. The van der Waals surface area contributed by atoms with Gasteiger partial charge < -0.3 is 10.0 Å². The molecule has 29 heavy (non-hydrogen) atoms. The van der Waals surface area contributed by atoms with Crippen LogP contribution in [0.3, 0.4) is 0 Å². The molecule has 0 heterocycles. The van der Waals surface area contributed by atoms with Crippen LogP contribution in [0.2, 0.25) is 0 Å². The number of unbranched alkanes of at least 4 members (excludes halogenated alkanes) is 1. The van der Waals surface area contributed by atoms with Gasteiger partial charge in [-0.25, -0.2) is 13.2 Å². The number of hydrogen-bond acceptors (Lipinski definition) is 4. The molecule has 2 aromatic rings. The molecule has 6 nitrogen and oxygen atoms in total. The Morgan fingerprint density at radius 2 is 1.76 bits per heavy atom. The molecule has 0 bridgehead atoms. The Morgan fingerprint density at radius 1 is 1.10 bits per heavy atom. The number of carboxylic acids is 1. The molecule has 0 aliphatic heterocycles. The highest BCUT2D eigenvalue weighted by atomic mass is 32.2. The van der Waals surface area contributed by atoms with Crippen LogP contribution < -0.4 is 9.62 Å². The lowest BCUT2D eigenvalue weighted by Gasteiger charge is -2.25. The summed E-state index contributed by atoms with van der Waals surface area (Å²) in [4.78, 5) is 13.9. The fourth-order valence-electron chi connectivity index (χ4n) is 3.09. The summed E-state index contributed by atoms with van der Waals surface area (Å²) < 4.78 is 27.9. The van der Waals surface area contributed by atoms with Gasteiger partial charge in [0.2, 0.25) is 0 Å². The van der Waals surface area contributed by atoms with Crippen LogP contribution in [-0.2, 0) is 10.0 Å². The lowest BCUT2D eigenvalue weighted by Crippen LogP contribution is -2.26. The summed E-state index contributed by atoms with van der Waals surface area (Å²) in [6.07, 6.45) is 1.96. The highest BCUT2D eigenvalue weighted by Crippen LogP contribution is 2.27. The van der Waals surface area contributed by atoms with Crippen LogP contribution in [0.1, 0.15) is 62.4 Å². The van der Waals surface area contributed by atoms with Gasteiger partial charge in [0.05, 0.1) is 16.1 Å². The Hall–Kier alpha value is -2.54. The SMILES string of the molecule is CCCCN(CC)c1ccc(NS(=O)(=O)c2ccc(C(C)C)cc2)cc1C(=O)O. The molecule has 0 saturated heterocycles. The third-order valence-electron chi connectivity index (χ3n) is 4.84. The van der Waals surface area contributed by atoms with E-state index in [-0.39, 0.29) is 16.1 Å². The molecule has 0 spiro atoms. The van der Waals surface area contributed by atoms with Gasteiger partial charge in [-0.2, -0.15) is 0 Å². The zero-order valence-corrected chi connectivity index (χ0v) is 18.3. The minimum absolute atomic E-state index is 0.0818. The second-order valence-corrected chi connectivity index (χ2v) is 8.98. The summed E-state index contributed by atoms with van der Waals surface area (Å²) in [6.45, 7) is 9.55. The predicted octanol–water partition coefficient (Wildman–Crippen LogP) is 4.94. The second-order valence-electron chi connectivity index (χ2n) is 7.30. The Kier molecular flexibility index (Phi) is 7.67. The van der Waals surface area contributed by atoms with Crippen molar-refractivity contribution < 1.29 is 18.3 Å². The van der Waals surface area contributed by atoms with Gasteiger partial charge in [-0.15, -0.1) is 0 Å². The van der Waals surface area contributed by atoms with Gasteiger partial charge in [0.15, 0.2) is 0 Å². The summed E-state index contributed by atoms with van der Waals surface area (Å²) in [7, 11) is -3.81. The topological polar surface area (TPSA) is 86.7 Å². The van der Waals surface area contributed by atoms with Crippen molar-refractivity contribution in [3.8, 4) is 0 Å². The normalized spacial score (nSPS) is 11.5. The Morgan fingerprint density at radius 3 is 2.28 bits per heavy atom. The standard InChI is InChI=1S/C22H30N2O4S/c1-5-7-14-24(6-2)21-13-10-18(15-20(21)22(25)26)23-29(27,28)19-11-8-17(9-12-19)16(3)4/h8-13,15-16,23H,5-7,14H2,1-4H3,(H,25,26). The van der Waals surface area contributed by atoms with Crippen molar-refractivity contribution in [2.75, 3.05) is 22.7 Å². The molecular formula is C22H30N2O4S. The molecule has 7 heteroatoms. The first-order valence-corrected chi connectivity index (χ1v) is 11.4. The maximum atomic E-state index is 12.7. The van der Waals surface area contributed by atoms with E-state index in [0.717, 1.165) is 24.9 Å². The Balaban J connectivity index is 2.32. The Labute approximate surface area is 173 Å². The van der Waals surface area contributed by atoms with Crippen LogP contribution in [0.15, 0.2) is 47.4 Å². The van der Waals surface area contributed by atoms with Crippen molar-refractivity contribution in [3.63, 3.8) is 0 Å². The van der Waals surface area contributed by atoms with Crippen LogP contribution in [0.25, 0.3) is 0 Å². The van der Waals surface area contributed by atoms with Crippen molar-refractivity contribution >= 4 is 27.4 Å². The van der Waals surface area contributed by atoms with Crippen molar-refractivity contribution in [1.82, 2.24) is 0 Å². The summed E-state index contributed by atoms with van der Waals surface area (Å²) in [6, 6.07) is 11.4. The molecule has 2 N–H and O–H groups in total. The van der Waals surface area contributed by atoms with E-state index in [9.17, 15) is 18.3 Å². The maximum Gasteiger partial charge on any atom is 0.337 e. The first-order chi connectivity index (χ1) is 13.7. The molecule has 0 aromatic heterocycles. The third kappa shape index (κ3) is 5.73. The number of rotatable bonds is 10. The number of aromatic carboxylic acids is 1. The van der Waals surface area contributed by atoms with Gasteiger partial charge in [0.25, 0.3) is 10.0 Å². The average molecular weight is 419 g/mol. The molecule has 0 saturated carbocycles. The maximum absolute atomic E-state index is 12.7. The third-order valence-corrected chi connectivity index (χ3v) is 6.24. The monoisotopic (exact) mass is 418 g/mol. The van der Waals surface area contributed by atoms with E-state index in [4.69, 9.17) is 0 Å². The molecule has 0 unspecified atom stereocenters. The lowest BCUT2D eigenvalue weighted by atomic mass is 10.0. The molecule has 158 valence electrons. The number of carbonyl (C=O) groups is 1. The summed E-state index contributed by atoms with van der Waals surface area (Å²) in [5.74, 6) is -0.781. The number of anilines is 2. The van der Waals surface area contributed by atoms with Crippen LogP contribution in [0.4, 0.5) is 11.4 Å². The number of nitrogens with one attached hydrogen (secondary N) is 1. The van der Waals surface area contributed by atoms with Crippen LogP contribution in [-0.4, -0.2) is 32.6 Å². The molecule has 0 aliphatic carbocycles. The highest BCUT2D eigenvalue weighted by molar-refractivity contribution is 7.92. The van der Waals surface area contributed by atoms with Gasteiger partial charge in [0, 0.05) is 18.8 Å². The van der Waals surface area contributed by atoms with E-state index in [1.165, 1.54) is 6.07 Å². The van der Waals surface area contributed by atoms with E-state index >= 15 is 0 Å². The second kappa shape index (κ2) is 9.78. The number of sulfonamides is 1. The molecule has 0 aliphatic rings. The molecule has 0 fully saturated rings. The van der Waals surface area contributed by atoms with Crippen molar-refractivity contribution in [3.05, 3.63) is 53.6 Å². The molecule has 0 radical (unpaired) electrons.